The lowest BCUT2D eigenvalue weighted by molar-refractivity contribution is -0.132. The smallest absolute Gasteiger partial charge is 0.229 e. The van der Waals surface area contributed by atoms with Crippen molar-refractivity contribution in [2.45, 2.75) is 56.8 Å². The molecular weight excluding hydrogens is 418 g/mol. The third kappa shape index (κ3) is 3.55. The number of hydrogen-bond acceptors (Lipinski definition) is 6. The Morgan fingerprint density at radius 2 is 2.13 bits per heavy atom. The Bertz CT molecular complexity index is 1110. The first kappa shape index (κ1) is 21.6. The first-order valence-electron chi connectivity index (χ1n) is 10.4. The molecule has 8 nitrogen and oxygen atoms in total. The minimum atomic E-state index is -1.16. The number of aromatic nitrogens is 4. The predicted octanol–water partition coefficient (Wildman–Crippen LogP) is 1.44. The summed E-state index contributed by atoms with van der Waals surface area (Å²) in [6, 6.07) is -0.541. The van der Waals surface area contributed by atoms with E-state index >= 15 is 0 Å². The number of unbranched alkanes of at least 4 members (excludes halogenated alkanes) is 4. The Hall–Kier alpha value is -2.65. The Kier molecular flexibility index (Phi) is 5.90. The molecule has 0 aliphatic heterocycles. The van der Waals surface area contributed by atoms with Crippen molar-refractivity contribution in [3.63, 3.8) is 0 Å². The lowest BCUT2D eigenvalue weighted by Crippen LogP contribution is -2.41. The third-order valence-corrected chi connectivity index (χ3v) is 6.54. The quantitative estimate of drug-likeness (QED) is 0.355. The van der Waals surface area contributed by atoms with Gasteiger partial charge in [-0.15, -0.1) is 12.3 Å². The van der Waals surface area contributed by atoms with Crippen LogP contribution in [-0.2, 0) is 4.79 Å². The van der Waals surface area contributed by atoms with Crippen LogP contribution in [0.15, 0.2) is 6.33 Å². The van der Waals surface area contributed by atoms with Crippen LogP contribution < -0.4 is 5.32 Å². The summed E-state index contributed by atoms with van der Waals surface area (Å²) < 4.78 is 1.68. The number of amides is 1. The van der Waals surface area contributed by atoms with Crippen molar-refractivity contribution in [2.24, 2.45) is 11.3 Å². The van der Waals surface area contributed by atoms with Gasteiger partial charge in [0, 0.05) is 25.8 Å². The van der Waals surface area contributed by atoms with Crippen molar-refractivity contribution in [3.05, 3.63) is 17.3 Å². The van der Waals surface area contributed by atoms with Gasteiger partial charge in [-0.2, -0.15) is 4.98 Å². The molecule has 4 rings (SSSR count). The molecule has 1 amide bonds. The fraction of sp³-hybridized carbons (Fsp3) is 0.545. The second-order valence-electron chi connectivity index (χ2n) is 8.09. The highest BCUT2D eigenvalue weighted by Gasteiger charge is 2.75. The van der Waals surface area contributed by atoms with Crippen LogP contribution in [0.5, 0.6) is 0 Å². The maximum Gasteiger partial charge on any atom is 0.229 e. The molecule has 0 radical (unpaired) electrons. The largest absolute Gasteiger partial charge is 0.389 e. The summed E-state index contributed by atoms with van der Waals surface area (Å²) in [7, 11) is 1.53. The molecule has 3 N–H and O–H groups in total. The highest BCUT2D eigenvalue weighted by atomic mass is 35.5. The van der Waals surface area contributed by atoms with Gasteiger partial charge in [-0.25, -0.2) is 9.97 Å². The van der Waals surface area contributed by atoms with Gasteiger partial charge in [0.2, 0.25) is 11.2 Å². The minimum absolute atomic E-state index is 0.0222. The van der Waals surface area contributed by atoms with E-state index in [1.54, 1.807) is 10.9 Å². The Balaban J connectivity index is 1.60. The van der Waals surface area contributed by atoms with Crippen molar-refractivity contribution < 1.29 is 15.0 Å². The number of aliphatic hydroxyl groups excluding tert-OH is 2. The third-order valence-electron chi connectivity index (χ3n) is 6.37. The minimum Gasteiger partial charge on any atom is -0.389 e. The maximum atomic E-state index is 12.4. The number of carbonyl (C=O) groups is 1. The molecule has 2 aliphatic carbocycles. The van der Waals surface area contributed by atoms with Crippen molar-refractivity contribution in [1.82, 2.24) is 24.8 Å². The summed E-state index contributed by atoms with van der Waals surface area (Å²) in [6.07, 6.45) is 9.43. The molecule has 31 heavy (non-hydrogen) atoms. The maximum absolute atomic E-state index is 12.4. The van der Waals surface area contributed by atoms with Crippen LogP contribution in [0, 0.1) is 35.5 Å². The van der Waals surface area contributed by atoms with Crippen molar-refractivity contribution in [2.75, 3.05) is 7.05 Å². The summed E-state index contributed by atoms with van der Waals surface area (Å²) in [5.74, 6) is 8.26. The Morgan fingerprint density at radius 3 is 2.87 bits per heavy atom. The van der Waals surface area contributed by atoms with Crippen LogP contribution in [0.1, 0.15) is 50.3 Å². The van der Waals surface area contributed by atoms with E-state index in [9.17, 15) is 15.0 Å². The van der Waals surface area contributed by atoms with Gasteiger partial charge in [0.05, 0.1) is 23.9 Å². The number of aliphatic hydroxyl groups is 2. The van der Waals surface area contributed by atoms with E-state index in [1.807, 2.05) is 0 Å². The molecule has 0 unspecified atom stereocenters. The van der Waals surface area contributed by atoms with E-state index in [4.69, 9.17) is 18.0 Å². The highest BCUT2D eigenvalue weighted by Crippen LogP contribution is 2.67. The molecule has 5 atom stereocenters. The number of nitrogens with zero attached hydrogens (tertiary/aromatic N) is 4. The van der Waals surface area contributed by atoms with E-state index in [0.717, 1.165) is 25.7 Å². The number of carbonyl (C=O) groups excluding carboxylic acids is 1. The topological polar surface area (TPSA) is 113 Å². The molecule has 0 aromatic carbocycles. The van der Waals surface area contributed by atoms with Gasteiger partial charge in [-0.1, -0.05) is 12.3 Å². The highest BCUT2D eigenvalue weighted by molar-refractivity contribution is 6.28. The lowest BCUT2D eigenvalue weighted by atomic mass is 9.98. The van der Waals surface area contributed by atoms with E-state index in [2.05, 4.69) is 38.0 Å². The molecule has 2 aliphatic rings. The molecule has 2 aromatic rings. The standard InChI is InChI=1S/C22H24ClN5O3/c1-3-4-5-6-7-8-9-10-14-15-19(27-21(23)26-14)28(12-25-15)16-13-11-22(13,20(31)24-2)18(30)17(16)29/h1,12-13,16-18,29-30H,4-8,11H2,2H3,(H,24,31)/t13-,16-,17+,18+,22+/m1/s1. The monoisotopic (exact) mass is 441 g/mol. The molecule has 2 saturated carbocycles. The summed E-state index contributed by atoms with van der Waals surface area (Å²) >= 11 is 6.14. The zero-order valence-corrected chi connectivity index (χ0v) is 17.9. The first-order chi connectivity index (χ1) is 15.0. The fourth-order valence-electron chi connectivity index (χ4n) is 4.75. The molecule has 2 fully saturated rings. The second-order valence-corrected chi connectivity index (χ2v) is 8.43. The van der Waals surface area contributed by atoms with Crippen molar-refractivity contribution in [3.8, 4) is 24.2 Å². The fourth-order valence-corrected chi connectivity index (χ4v) is 4.91. The van der Waals surface area contributed by atoms with Gasteiger partial charge in [0.25, 0.3) is 0 Å². The van der Waals surface area contributed by atoms with E-state index in [1.165, 1.54) is 7.05 Å². The molecule has 0 bridgehead atoms. The predicted molar refractivity (Wildman–Crippen MR) is 115 cm³/mol. The van der Waals surface area contributed by atoms with Crippen molar-refractivity contribution in [1.29, 1.82) is 0 Å². The molecule has 0 spiro atoms. The molecule has 0 saturated heterocycles. The number of rotatable bonds is 6. The van der Waals surface area contributed by atoms with Gasteiger partial charge in [-0.3, -0.25) is 4.79 Å². The Labute approximate surface area is 185 Å². The molecule has 2 aromatic heterocycles. The van der Waals surface area contributed by atoms with Crippen molar-refractivity contribution >= 4 is 28.7 Å². The molecular formula is C22H24ClN5O3. The van der Waals surface area contributed by atoms with Crippen LogP contribution in [0.4, 0.5) is 0 Å². The zero-order valence-electron chi connectivity index (χ0n) is 17.2. The van der Waals surface area contributed by atoms with Crippen LogP contribution in [-0.4, -0.2) is 54.9 Å². The summed E-state index contributed by atoms with van der Waals surface area (Å²) in [5, 5.41) is 23.9. The first-order valence-corrected chi connectivity index (χ1v) is 10.7. The molecule has 162 valence electrons. The van der Waals surface area contributed by atoms with E-state index < -0.39 is 23.7 Å². The number of fused-ring (bicyclic) bond motifs is 2. The molecule has 2 heterocycles. The van der Waals surface area contributed by atoms with Crippen LogP contribution >= 0.6 is 11.6 Å². The lowest BCUT2D eigenvalue weighted by Gasteiger charge is -2.23. The van der Waals surface area contributed by atoms with Gasteiger partial charge < -0.3 is 20.1 Å². The van der Waals surface area contributed by atoms with Gasteiger partial charge in [0.15, 0.2) is 5.65 Å². The number of terminal acetylenes is 1. The van der Waals surface area contributed by atoms with Gasteiger partial charge in [-0.05, 0) is 36.8 Å². The summed E-state index contributed by atoms with van der Waals surface area (Å²) in [6.45, 7) is 0. The van der Waals surface area contributed by atoms with Gasteiger partial charge >= 0.3 is 0 Å². The number of nitrogens with one attached hydrogen (secondary N) is 1. The molecule has 9 heteroatoms. The van der Waals surface area contributed by atoms with Crippen LogP contribution in [0.3, 0.4) is 0 Å². The second kappa shape index (κ2) is 8.47. The van der Waals surface area contributed by atoms with E-state index in [0.29, 0.717) is 29.7 Å². The SMILES string of the molecule is C#CCCCCCC#Cc1nc(Cl)nc2c1ncn2[C@H]1[C@H](O)[C@H](O)[C@]2(C(=O)NC)C[C@H]12. The number of halogens is 1. The van der Waals surface area contributed by atoms with E-state index in [-0.39, 0.29) is 17.1 Å². The summed E-state index contributed by atoms with van der Waals surface area (Å²) in [4.78, 5) is 25.3. The normalized spacial score (nSPS) is 28.5. The Morgan fingerprint density at radius 1 is 1.35 bits per heavy atom. The number of hydrogen-bond donors (Lipinski definition) is 3. The van der Waals surface area contributed by atoms with Crippen LogP contribution in [0.2, 0.25) is 5.28 Å². The zero-order chi connectivity index (χ0) is 22.2. The number of imidazole rings is 1. The summed E-state index contributed by atoms with van der Waals surface area (Å²) in [5.41, 5.74) is 0.339. The van der Waals surface area contributed by atoms with Crippen LogP contribution in [0.25, 0.3) is 11.2 Å². The average molecular weight is 442 g/mol. The average Bonchev–Trinajstić information content (AvgIpc) is 3.30. The van der Waals surface area contributed by atoms with Gasteiger partial charge in [0.1, 0.15) is 17.3 Å².